The number of rotatable bonds is 8. The first-order chi connectivity index (χ1) is 18.6. The van der Waals surface area contributed by atoms with Crippen LogP contribution >= 0.6 is 0 Å². The third-order valence-electron chi connectivity index (χ3n) is 6.47. The Labute approximate surface area is 222 Å². The van der Waals surface area contributed by atoms with E-state index in [-0.39, 0.29) is 17.2 Å². The van der Waals surface area contributed by atoms with Gasteiger partial charge < -0.3 is 64.9 Å². The summed E-state index contributed by atoms with van der Waals surface area (Å²) in [5.74, 6) is 0.191. The van der Waals surface area contributed by atoms with E-state index in [0.717, 1.165) is 5.56 Å². The van der Waals surface area contributed by atoms with E-state index in [1.807, 2.05) is 0 Å². The van der Waals surface area contributed by atoms with Crippen LogP contribution in [-0.2, 0) is 9.47 Å². The molecular formula is C26H32O13. The van der Waals surface area contributed by atoms with Crippen LogP contribution in [0.5, 0.6) is 17.2 Å². The van der Waals surface area contributed by atoms with Gasteiger partial charge in [0.05, 0.1) is 13.2 Å². The van der Waals surface area contributed by atoms with E-state index in [1.165, 1.54) is 30.3 Å². The lowest BCUT2D eigenvalue weighted by atomic mass is 9.99. The van der Waals surface area contributed by atoms with Crippen molar-refractivity contribution in [2.75, 3.05) is 13.2 Å². The summed E-state index contributed by atoms with van der Waals surface area (Å²) in [6, 6.07) is 10.7. The molecule has 2 aliphatic rings. The zero-order chi connectivity index (χ0) is 28.3. The fourth-order valence-corrected chi connectivity index (χ4v) is 4.20. The second kappa shape index (κ2) is 12.6. The predicted octanol–water partition coefficient (Wildman–Crippen LogP) is -2.08. The van der Waals surface area contributed by atoms with E-state index in [1.54, 1.807) is 24.3 Å². The molecule has 6 unspecified atom stereocenters. The van der Waals surface area contributed by atoms with Gasteiger partial charge in [-0.05, 0) is 35.4 Å². The normalized spacial score (nSPS) is 35.2. The molecule has 9 N–H and O–H groups in total. The number of benzene rings is 2. The molecule has 2 aromatic carbocycles. The average Bonchev–Trinajstić information content (AvgIpc) is 2.93. The van der Waals surface area contributed by atoms with Gasteiger partial charge in [-0.3, -0.25) is 0 Å². The van der Waals surface area contributed by atoms with E-state index in [0.29, 0.717) is 5.56 Å². The zero-order valence-corrected chi connectivity index (χ0v) is 20.5. The van der Waals surface area contributed by atoms with Crippen LogP contribution in [0.1, 0.15) is 11.1 Å². The van der Waals surface area contributed by atoms with Gasteiger partial charge >= 0.3 is 0 Å². The minimum absolute atomic E-state index is 0.0479. The van der Waals surface area contributed by atoms with Crippen molar-refractivity contribution in [2.45, 2.75) is 61.4 Å². The third-order valence-corrected chi connectivity index (χ3v) is 6.47. The number of hydrogen-bond acceptors (Lipinski definition) is 13. The predicted molar refractivity (Wildman–Crippen MR) is 132 cm³/mol. The summed E-state index contributed by atoms with van der Waals surface area (Å²) < 4.78 is 22.3. The average molecular weight is 553 g/mol. The van der Waals surface area contributed by atoms with Crippen LogP contribution in [0.2, 0.25) is 0 Å². The Hall–Kier alpha value is -2.82. The number of hydrogen-bond donors (Lipinski definition) is 9. The SMILES string of the molecule is OCC1O[C@@H](Oc2cc(/C=C/c3ccc(O)cc3)cc(O[C@@H]3OC(CO)[C@@H](O)C(O)C3O)c2)C(O)C(O)[C@@H]1O. The van der Waals surface area contributed by atoms with Crippen molar-refractivity contribution in [1.29, 1.82) is 0 Å². The molecule has 214 valence electrons. The molecule has 2 aliphatic heterocycles. The number of aliphatic hydroxyl groups excluding tert-OH is 8. The third kappa shape index (κ3) is 6.67. The molecule has 2 heterocycles. The Bertz CT molecular complexity index is 1050. The minimum atomic E-state index is -1.67. The molecule has 4 rings (SSSR count). The maximum absolute atomic E-state index is 10.4. The van der Waals surface area contributed by atoms with Gasteiger partial charge in [-0.2, -0.15) is 0 Å². The molecule has 0 amide bonds. The van der Waals surface area contributed by atoms with E-state index in [9.17, 15) is 46.0 Å². The highest BCUT2D eigenvalue weighted by atomic mass is 16.7. The Balaban J connectivity index is 1.62. The summed E-state index contributed by atoms with van der Waals surface area (Å²) in [7, 11) is 0. The van der Waals surface area contributed by atoms with Crippen LogP contribution < -0.4 is 9.47 Å². The van der Waals surface area contributed by atoms with Gasteiger partial charge in [-0.25, -0.2) is 0 Å². The summed E-state index contributed by atoms with van der Waals surface area (Å²) in [5, 5.41) is 89.4. The van der Waals surface area contributed by atoms with Crippen LogP contribution in [0.25, 0.3) is 12.2 Å². The molecule has 13 nitrogen and oxygen atoms in total. The van der Waals surface area contributed by atoms with Crippen molar-refractivity contribution in [3.63, 3.8) is 0 Å². The second-order valence-corrected chi connectivity index (χ2v) is 9.29. The zero-order valence-electron chi connectivity index (χ0n) is 20.5. The molecule has 0 bridgehead atoms. The fraction of sp³-hybridized carbons (Fsp3) is 0.462. The lowest BCUT2D eigenvalue weighted by Crippen LogP contribution is -2.60. The van der Waals surface area contributed by atoms with Gasteiger partial charge in [-0.1, -0.05) is 24.3 Å². The van der Waals surface area contributed by atoms with Crippen LogP contribution in [0.4, 0.5) is 0 Å². The van der Waals surface area contributed by atoms with Gasteiger partial charge in [0.1, 0.15) is 66.1 Å². The Morgan fingerprint density at radius 3 is 1.46 bits per heavy atom. The van der Waals surface area contributed by atoms with Crippen LogP contribution in [0.15, 0.2) is 42.5 Å². The fourth-order valence-electron chi connectivity index (χ4n) is 4.20. The second-order valence-electron chi connectivity index (χ2n) is 9.29. The first-order valence-corrected chi connectivity index (χ1v) is 12.2. The first-order valence-electron chi connectivity index (χ1n) is 12.2. The highest BCUT2D eigenvalue weighted by molar-refractivity contribution is 5.71. The monoisotopic (exact) mass is 552 g/mol. The van der Waals surface area contributed by atoms with E-state index >= 15 is 0 Å². The van der Waals surface area contributed by atoms with Gasteiger partial charge in [0.25, 0.3) is 0 Å². The molecule has 0 spiro atoms. The molecular weight excluding hydrogens is 520 g/mol. The van der Waals surface area contributed by atoms with Crippen molar-refractivity contribution < 1.29 is 64.9 Å². The summed E-state index contributed by atoms with van der Waals surface area (Å²) in [5.41, 5.74) is 1.22. The lowest BCUT2D eigenvalue weighted by molar-refractivity contribution is -0.278. The number of ether oxygens (including phenoxy) is 4. The van der Waals surface area contributed by atoms with Crippen LogP contribution in [-0.4, -0.2) is 121 Å². The van der Waals surface area contributed by atoms with Crippen molar-refractivity contribution in [2.24, 2.45) is 0 Å². The topological polar surface area (TPSA) is 219 Å². The van der Waals surface area contributed by atoms with Gasteiger partial charge in [0.15, 0.2) is 0 Å². The van der Waals surface area contributed by atoms with Crippen molar-refractivity contribution >= 4 is 12.2 Å². The maximum Gasteiger partial charge on any atom is 0.229 e. The lowest BCUT2D eigenvalue weighted by Gasteiger charge is -2.40. The van der Waals surface area contributed by atoms with E-state index < -0.39 is 74.6 Å². The van der Waals surface area contributed by atoms with Gasteiger partial charge in [0, 0.05) is 6.07 Å². The summed E-state index contributed by atoms with van der Waals surface area (Å²) >= 11 is 0. The summed E-state index contributed by atoms with van der Waals surface area (Å²) in [6.07, 6.45) is -11.8. The molecule has 0 aromatic heterocycles. The Morgan fingerprint density at radius 2 is 1.03 bits per heavy atom. The Morgan fingerprint density at radius 1 is 0.590 bits per heavy atom. The highest BCUT2D eigenvalue weighted by Gasteiger charge is 2.46. The number of aromatic hydroxyl groups is 1. The quantitative estimate of drug-likeness (QED) is 0.161. The van der Waals surface area contributed by atoms with Gasteiger partial charge in [-0.15, -0.1) is 0 Å². The molecule has 0 saturated carbocycles. The molecule has 2 saturated heterocycles. The number of phenols is 1. The molecule has 10 atom stereocenters. The van der Waals surface area contributed by atoms with Crippen LogP contribution in [0.3, 0.4) is 0 Å². The number of phenolic OH excluding ortho intramolecular Hbond substituents is 1. The maximum atomic E-state index is 10.4. The van der Waals surface area contributed by atoms with Crippen LogP contribution in [0, 0.1) is 0 Å². The largest absolute Gasteiger partial charge is 0.508 e. The Kier molecular flexibility index (Phi) is 9.40. The summed E-state index contributed by atoms with van der Waals surface area (Å²) in [6.45, 7) is -1.29. The minimum Gasteiger partial charge on any atom is -0.508 e. The molecule has 0 aliphatic carbocycles. The smallest absolute Gasteiger partial charge is 0.229 e. The molecule has 0 radical (unpaired) electrons. The number of aliphatic hydroxyl groups is 8. The first kappa shape index (κ1) is 29.2. The molecule has 2 fully saturated rings. The molecule has 13 heteroatoms. The van der Waals surface area contributed by atoms with E-state index in [2.05, 4.69) is 0 Å². The van der Waals surface area contributed by atoms with Gasteiger partial charge in [0.2, 0.25) is 12.6 Å². The van der Waals surface area contributed by atoms with Crippen molar-refractivity contribution in [1.82, 2.24) is 0 Å². The van der Waals surface area contributed by atoms with Crippen molar-refractivity contribution in [3.8, 4) is 17.2 Å². The summed E-state index contributed by atoms with van der Waals surface area (Å²) in [4.78, 5) is 0. The highest BCUT2D eigenvalue weighted by Crippen LogP contribution is 2.31. The molecule has 2 aromatic rings. The standard InChI is InChI=1S/C26H32O13/c27-10-17-19(30)21(32)23(34)25(38-17)36-15-7-13(2-1-12-3-5-14(29)6-4-12)8-16(9-15)37-26-24(35)22(33)20(31)18(11-28)39-26/h1-9,17-35H,10-11H2/b2-1+/t17?,18?,19-,20-,21?,22?,23?,24?,25-,26-/m1/s1. The van der Waals surface area contributed by atoms with Crippen molar-refractivity contribution in [3.05, 3.63) is 53.6 Å². The molecule has 39 heavy (non-hydrogen) atoms. The van der Waals surface area contributed by atoms with E-state index in [4.69, 9.17) is 18.9 Å².